The third kappa shape index (κ3) is 5.50. The second-order valence-corrected chi connectivity index (χ2v) is 9.07. The minimum absolute atomic E-state index is 0.0263. The molecule has 2 fully saturated rings. The average molecular weight is 470 g/mol. The lowest BCUT2D eigenvalue weighted by molar-refractivity contribution is -0.141. The van der Waals surface area contributed by atoms with E-state index in [2.05, 4.69) is 4.90 Å². The highest BCUT2D eigenvalue weighted by molar-refractivity contribution is 5.86. The Morgan fingerprint density at radius 2 is 1.85 bits per heavy atom. The van der Waals surface area contributed by atoms with Crippen molar-refractivity contribution in [1.82, 2.24) is 10.4 Å². The molecule has 4 rings (SSSR count). The predicted octanol–water partition coefficient (Wildman–Crippen LogP) is 3.55. The van der Waals surface area contributed by atoms with E-state index >= 15 is 0 Å². The van der Waals surface area contributed by atoms with Crippen LogP contribution in [0.2, 0.25) is 0 Å². The third-order valence-corrected chi connectivity index (χ3v) is 6.84. The van der Waals surface area contributed by atoms with Crippen molar-refractivity contribution in [2.24, 2.45) is 5.92 Å². The average Bonchev–Trinajstić information content (AvgIpc) is 3.46. The van der Waals surface area contributed by atoms with Crippen LogP contribution in [0.3, 0.4) is 0 Å². The molecule has 3 atom stereocenters. The van der Waals surface area contributed by atoms with Crippen molar-refractivity contribution in [2.45, 2.75) is 51.1 Å². The molecule has 0 aromatic heterocycles. The van der Waals surface area contributed by atoms with Crippen LogP contribution in [0, 0.1) is 11.7 Å². The van der Waals surface area contributed by atoms with Crippen LogP contribution < -0.4 is 15.1 Å². The van der Waals surface area contributed by atoms with Crippen LogP contribution in [0.5, 0.6) is 5.75 Å². The maximum atomic E-state index is 13.4. The van der Waals surface area contributed by atoms with Gasteiger partial charge in [-0.25, -0.2) is 9.87 Å². The number of rotatable bonds is 10. The SMILES string of the molecule is CCOc1ccc(CCC[C@H](CC(=O)NO)C(=O)N2CC3CC2CN3c2ccc(F)cc2)cc1. The van der Waals surface area contributed by atoms with Crippen LogP contribution in [0.25, 0.3) is 0 Å². The summed E-state index contributed by atoms with van der Waals surface area (Å²) in [5, 5.41) is 9.02. The van der Waals surface area contributed by atoms with Crippen LogP contribution in [0.15, 0.2) is 48.5 Å². The van der Waals surface area contributed by atoms with Crippen LogP contribution in [-0.4, -0.2) is 53.7 Å². The normalized spacial score (nSPS) is 19.9. The van der Waals surface area contributed by atoms with Gasteiger partial charge in [0.15, 0.2) is 0 Å². The first-order valence-corrected chi connectivity index (χ1v) is 12.0. The van der Waals surface area contributed by atoms with Crippen LogP contribution in [0.4, 0.5) is 10.1 Å². The number of hydrogen-bond donors (Lipinski definition) is 2. The molecule has 2 N–H and O–H groups in total. The molecule has 34 heavy (non-hydrogen) atoms. The summed E-state index contributed by atoms with van der Waals surface area (Å²) in [4.78, 5) is 29.5. The first kappa shape index (κ1) is 24.0. The molecule has 2 aromatic rings. The molecule has 2 amide bonds. The van der Waals surface area contributed by atoms with Crippen molar-refractivity contribution < 1.29 is 23.9 Å². The summed E-state index contributed by atoms with van der Waals surface area (Å²) in [5.41, 5.74) is 3.79. The second-order valence-electron chi connectivity index (χ2n) is 9.07. The number of hydroxylamine groups is 1. The molecular formula is C26H32FN3O4. The van der Waals surface area contributed by atoms with E-state index in [0.29, 0.717) is 26.1 Å². The number of benzene rings is 2. The Hall–Kier alpha value is -3.13. The molecule has 2 bridgehead atoms. The molecule has 182 valence electrons. The molecule has 2 aromatic carbocycles. The van der Waals surface area contributed by atoms with Gasteiger partial charge in [-0.2, -0.15) is 0 Å². The van der Waals surface area contributed by atoms with Gasteiger partial charge in [0.05, 0.1) is 12.6 Å². The standard InChI is InChI=1S/C26H32FN3O4/c1-2-34-24-12-6-18(7-13-24)4-3-5-19(14-25(31)28-33)26(32)30-17-22-15-23(30)16-29(22)21-10-8-20(27)9-11-21/h6-13,19,22-23,33H,2-5,14-17H2,1H3,(H,28,31)/t19-,22?,23?/m1/s1. The monoisotopic (exact) mass is 469 g/mol. The number of anilines is 1. The number of amides is 2. The Bertz CT molecular complexity index is 983. The van der Waals surface area contributed by atoms with E-state index < -0.39 is 11.8 Å². The zero-order valence-corrected chi connectivity index (χ0v) is 19.5. The molecule has 0 saturated carbocycles. The summed E-state index contributed by atoms with van der Waals surface area (Å²) in [7, 11) is 0. The highest BCUT2D eigenvalue weighted by Gasteiger charge is 2.46. The molecule has 0 radical (unpaired) electrons. The number of hydrogen-bond acceptors (Lipinski definition) is 5. The molecule has 2 saturated heterocycles. The number of piperazine rings is 1. The van der Waals surface area contributed by atoms with Gasteiger partial charge in [0.25, 0.3) is 0 Å². The van der Waals surface area contributed by atoms with Gasteiger partial charge in [0.1, 0.15) is 11.6 Å². The van der Waals surface area contributed by atoms with E-state index in [4.69, 9.17) is 9.94 Å². The lowest BCUT2D eigenvalue weighted by Gasteiger charge is -2.37. The number of nitrogens with one attached hydrogen (secondary N) is 1. The number of carbonyl (C=O) groups excluding carboxylic acids is 2. The Morgan fingerprint density at radius 3 is 2.47 bits per heavy atom. The van der Waals surface area contributed by atoms with Gasteiger partial charge in [0, 0.05) is 37.2 Å². The van der Waals surface area contributed by atoms with Crippen molar-refractivity contribution in [3.05, 3.63) is 59.9 Å². The number of halogens is 1. The third-order valence-electron chi connectivity index (χ3n) is 6.84. The van der Waals surface area contributed by atoms with E-state index in [1.807, 2.05) is 36.1 Å². The largest absolute Gasteiger partial charge is 0.494 e. The summed E-state index contributed by atoms with van der Waals surface area (Å²) in [6, 6.07) is 14.6. The lowest BCUT2D eigenvalue weighted by atomic mass is 9.94. The Morgan fingerprint density at radius 1 is 1.12 bits per heavy atom. The lowest BCUT2D eigenvalue weighted by Crippen LogP contribution is -2.51. The quantitative estimate of drug-likeness (QED) is 0.411. The van der Waals surface area contributed by atoms with Crippen molar-refractivity contribution in [1.29, 1.82) is 0 Å². The summed E-state index contributed by atoms with van der Waals surface area (Å²) < 4.78 is 18.8. The first-order valence-electron chi connectivity index (χ1n) is 12.0. The summed E-state index contributed by atoms with van der Waals surface area (Å²) in [5.74, 6) is -0.482. The summed E-state index contributed by atoms with van der Waals surface area (Å²) >= 11 is 0. The highest BCUT2D eigenvalue weighted by Crippen LogP contribution is 2.36. The van der Waals surface area contributed by atoms with Gasteiger partial charge in [-0.1, -0.05) is 12.1 Å². The smallest absolute Gasteiger partial charge is 0.244 e. The zero-order chi connectivity index (χ0) is 24.1. The van der Waals surface area contributed by atoms with Gasteiger partial charge < -0.3 is 14.5 Å². The van der Waals surface area contributed by atoms with Gasteiger partial charge in [-0.05, 0) is 74.6 Å². The maximum Gasteiger partial charge on any atom is 0.244 e. The number of carbonyl (C=O) groups is 2. The zero-order valence-electron chi connectivity index (χ0n) is 19.5. The molecule has 0 spiro atoms. The van der Waals surface area contributed by atoms with Gasteiger partial charge in [-0.3, -0.25) is 14.8 Å². The fraction of sp³-hybridized carbons (Fsp3) is 0.462. The molecule has 7 nitrogen and oxygen atoms in total. The van der Waals surface area contributed by atoms with E-state index in [-0.39, 0.29) is 30.2 Å². The van der Waals surface area contributed by atoms with Crippen molar-refractivity contribution in [3.8, 4) is 5.75 Å². The van der Waals surface area contributed by atoms with Crippen molar-refractivity contribution in [3.63, 3.8) is 0 Å². The Balaban J connectivity index is 1.35. The van der Waals surface area contributed by atoms with Gasteiger partial charge in [0.2, 0.25) is 11.8 Å². The maximum absolute atomic E-state index is 13.4. The molecule has 2 unspecified atom stereocenters. The molecular weight excluding hydrogens is 437 g/mol. The number of likely N-dealkylation sites (tertiary alicyclic amines) is 1. The summed E-state index contributed by atoms with van der Waals surface area (Å²) in [6.07, 6.45) is 2.95. The Kier molecular flexibility index (Phi) is 7.67. The first-order chi connectivity index (χ1) is 16.5. The van der Waals surface area contributed by atoms with E-state index in [1.165, 1.54) is 12.1 Å². The Labute approximate surface area is 199 Å². The second kappa shape index (κ2) is 10.9. The molecule has 8 heteroatoms. The fourth-order valence-corrected chi connectivity index (χ4v) is 5.17. The van der Waals surface area contributed by atoms with Gasteiger partial charge in [-0.15, -0.1) is 0 Å². The van der Waals surface area contributed by atoms with Crippen LogP contribution >= 0.6 is 0 Å². The van der Waals surface area contributed by atoms with E-state index in [9.17, 15) is 14.0 Å². The fourth-order valence-electron chi connectivity index (χ4n) is 5.17. The number of ether oxygens (including phenoxy) is 1. The minimum Gasteiger partial charge on any atom is -0.494 e. The van der Waals surface area contributed by atoms with E-state index in [0.717, 1.165) is 36.3 Å². The predicted molar refractivity (Wildman–Crippen MR) is 126 cm³/mol. The summed E-state index contributed by atoms with van der Waals surface area (Å²) in [6.45, 7) is 3.86. The molecule has 2 aliphatic heterocycles. The molecule has 0 aliphatic carbocycles. The molecule has 2 heterocycles. The van der Waals surface area contributed by atoms with Crippen molar-refractivity contribution >= 4 is 17.5 Å². The minimum atomic E-state index is -0.545. The number of aryl methyl sites for hydroxylation is 1. The van der Waals surface area contributed by atoms with Crippen molar-refractivity contribution in [2.75, 3.05) is 24.6 Å². The highest BCUT2D eigenvalue weighted by atomic mass is 19.1. The van der Waals surface area contributed by atoms with Gasteiger partial charge >= 0.3 is 0 Å². The van der Waals surface area contributed by atoms with Crippen LogP contribution in [0.1, 0.15) is 38.2 Å². The van der Waals surface area contributed by atoms with Crippen LogP contribution in [-0.2, 0) is 16.0 Å². The number of fused-ring (bicyclic) bond motifs is 2. The molecule has 2 aliphatic rings. The number of nitrogens with zero attached hydrogens (tertiary/aromatic N) is 2. The topological polar surface area (TPSA) is 82.1 Å². The van der Waals surface area contributed by atoms with E-state index in [1.54, 1.807) is 17.6 Å².